The van der Waals surface area contributed by atoms with Crippen molar-refractivity contribution in [2.45, 2.75) is 44.9 Å². The fourth-order valence-electron chi connectivity index (χ4n) is 5.96. The SMILES string of the molecule is CC(CCC(=O)NC(Cc1ccc(OCc2ccccc2)cc1)C(=O)N1CCN(C(c2ccccc2)c2ccccc2)CC1)C(N)=O. The van der Waals surface area contributed by atoms with Crippen molar-refractivity contribution in [3.05, 3.63) is 138 Å². The Hall–Kier alpha value is -4.95. The Morgan fingerprint density at radius 2 is 1.30 bits per heavy atom. The number of ether oxygens (including phenoxy) is 1. The molecule has 0 bridgehead atoms. The van der Waals surface area contributed by atoms with Gasteiger partial charge in [0.15, 0.2) is 0 Å². The minimum Gasteiger partial charge on any atom is -0.489 e. The number of piperazine rings is 1. The highest BCUT2D eigenvalue weighted by Gasteiger charge is 2.32. The summed E-state index contributed by atoms with van der Waals surface area (Å²) in [7, 11) is 0. The van der Waals surface area contributed by atoms with E-state index in [4.69, 9.17) is 10.5 Å². The van der Waals surface area contributed by atoms with E-state index in [-0.39, 0.29) is 24.3 Å². The summed E-state index contributed by atoms with van der Waals surface area (Å²) in [6.45, 7) is 4.66. The second-order valence-electron chi connectivity index (χ2n) is 12.2. The fourth-order valence-corrected chi connectivity index (χ4v) is 5.96. The summed E-state index contributed by atoms with van der Waals surface area (Å²) in [6.07, 6.45) is 0.782. The lowest BCUT2D eigenvalue weighted by Crippen LogP contribution is -2.56. The third-order valence-electron chi connectivity index (χ3n) is 8.76. The van der Waals surface area contributed by atoms with Crippen LogP contribution in [0.4, 0.5) is 0 Å². The van der Waals surface area contributed by atoms with Crippen molar-refractivity contribution in [3.8, 4) is 5.75 Å². The zero-order chi connectivity index (χ0) is 33.0. The number of hydrogen-bond acceptors (Lipinski definition) is 5. The molecule has 0 spiro atoms. The molecule has 2 atom stereocenters. The number of nitrogens with zero attached hydrogens (tertiary/aromatic N) is 2. The first kappa shape index (κ1) is 33.4. The van der Waals surface area contributed by atoms with Crippen molar-refractivity contribution in [3.63, 3.8) is 0 Å². The molecule has 5 rings (SSSR count). The van der Waals surface area contributed by atoms with E-state index in [2.05, 4.69) is 58.7 Å². The maximum absolute atomic E-state index is 14.0. The number of benzene rings is 4. The molecule has 1 fully saturated rings. The van der Waals surface area contributed by atoms with Crippen molar-refractivity contribution >= 4 is 17.7 Å². The van der Waals surface area contributed by atoms with Crippen LogP contribution in [0.1, 0.15) is 48.1 Å². The minimum atomic E-state index is -0.743. The van der Waals surface area contributed by atoms with Gasteiger partial charge in [0.25, 0.3) is 0 Å². The molecule has 8 heteroatoms. The van der Waals surface area contributed by atoms with Gasteiger partial charge in [-0.05, 0) is 40.8 Å². The molecule has 8 nitrogen and oxygen atoms in total. The number of nitrogens with two attached hydrogens (primary N) is 1. The van der Waals surface area contributed by atoms with Crippen LogP contribution in [-0.4, -0.2) is 59.7 Å². The smallest absolute Gasteiger partial charge is 0.245 e. The maximum atomic E-state index is 14.0. The Kier molecular flexibility index (Phi) is 11.8. The van der Waals surface area contributed by atoms with E-state index in [1.165, 1.54) is 11.1 Å². The highest BCUT2D eigenvalue weighted by Crippen LogP contribution is 2.29. The molecule has 4 aromatic rings. The lowest BCUT2D eigenvalue weighted by atomic mass is 9.96. The van der Waals surface area contributed by atoms with E-state index in [0.717, 1.165) is 16.9 Å². The Morgan fingerprint density at radius 3 is 1.85 bits per heavy atom. The predicted molar refractivity (Wildman–Crippen MR) is 183 cm³/mol. The van der Waals surface area contributed by atoms with E-state index in [9.17, 15) is 14.4 Å². The van der Waals surface area contributed by atoms with Gasteiger partial charge in [0, 0.05) is 44.9 Å². The topological polar surface area (TPSA) is 105 Å². The van der Waals surface area contributed by atoms with Crippen LogP contribution < -0.4 is 15.8 Å². The average Bonchev–Trinajstić information content (AvgIpc) is 3.11. The second kappa shape index (κ2) is 16.6. The standard InChI is InChI=1S/C39H44N4O4/c1-29(38(40)45)17-22-36(44)41-35(27-30-18-20-34(21-19-30)47-28-31-11-5-2-6-12-31)39(46)43-25-23-42(24-26-43)37(32-13-7-3-8-14-32)33-15-9-4-10-16-33/h2-16,18-21,29,35,37H,17,22-28H2,1H3,(H2,40,45)(H,41,44). The molecule has 3 N–H and O–H groups in total. The Bertz CT molecular complexity index is 1530. The first-order chi connectivity index (χ1) is 22.9. The quantitative estimate of drug-likeness (QED) is 0.201. The first-order valence-electron chi connectivity index (χ1n) is 16.3. The summed E-state index contributed by atoms with van der Waals surface area (Å²) >= 11 is 0. The molecule has 0 radical (unpaired) electrons. The second-order valence-corrected chi connectivity index (χ2v) is 12.2. The molecule has 0 aromatic heterocycles. The third-order valence-corrected chi connectivity index (χ3v) is 8.76. The van der Waals surface area contributed by atoms with Crippen LogP contribution in [0.15, 0.2) is 115 Å². The molecule has 1 saturated heterocycles. The average molecular weight is 633 g/mol. The van der Waals surface area contributed by atoms with Crippen LogP contribution in [0.5, 0.6) is 5.75 Å². The van der Waals surface area contributed by atoms with Crippen molar-refractivity contribution in [1.29, 1.82) is 0 Å². The number of hydrogen-bond donors (Lipinski definition) is 2. The van der Waals surface area contributed by atoms with Crippen molar-refractivity contribution in [2.24, 2.45) is 11.7 Å². The van der Waals surface area contributed by atoms with Crippen LogP contribution in [0.2, 0.25) is 0 Å². The van der Waals surface area contributed by atoms with Gasteiger partial charge in [-0.3, -0.25) is 19.3 Å². The molecule has 4 aromatic carbocycles. The van der Waals surface area contributed by atoms with Crippen LogP contribution >= 0.6 is 0 Å². The third kappa shape index (κ3) is 9.53. The zero-order valence-electron chi connectivity index (χ0n) is 27.0. The molecule has 47 heavy (non-hydrogen) atoms. The number of nitrogens with one attached hydrogen (secondary N) is 1. The minimum absolute atomic E-state index is 0.0834. The highest BCUT2D eigenvalue weighted by atomic mass is 16.5. The zero-order valence-corrected chi connectivity index (χ0v) is 27.0. The summed E-state index contributed by atoms with van der Waals surface area (Å²) in [5, 5.41) is 2.98. The van der Waals surface area contributed by atoms with Gasteiger partial charge in [-0.1, -0.05) is 110 Å². The summed E-state index contributed by atoms with van der Waals surface area (Å²) in [5.74, 6) is -0.518. The van der Waals surface area contributed by atoms with Crippen molar-refractivity contribution in [1.82, 2.24) is 15.1 Å². The Balaban J connectivity index is 1.26. The monoisotopic (exact) mass is 632 g/mol. The summed E-state index contributed by atoms with van der Waals surface area (Å²) < 4.78 is 5.94. The number of rotatable bonds is 14. The van der Waals surface area contributed by atoms with E-state index in [1.807, 2.05) is 71.6 Å². The molecule has 2 unspecified atom stereocenters. The molecule has 1 aliphatic rings. The molecular weight excluding hydrogens is 588 g/mol. The summed E-state index contributed by atoms with van der Waals surface area (Å²) in [4.78, 5) is 42.8. The number of primary amides is 1. The van der Waals surface area contributed by atoms with Crippen LogP contribution in [0.3, 0.4) is 0 Å². The number of carbonyl (C=O) groups is 3. The Labute approximate surface area is 277 Å². The molecular formula is C39H44N4O4. The van der Waals surface area contributed by atoms with Gasteiger partial charge >= 0.3 is 0 Å². The van der Waals surface area contributed by atoms with Gasteiger partial charge in [-0.25, -0.2) is 0 Å². The van der Waals surface area contributed by atoms with Crippen LogP contribution in [0.25, 0.3) is 0 Å². The van der Waals surface area contributed by atoms with Crippen molar-refractivity contribution < 1.29 is 19.1 Å². The van der Waals surface area contributed by atoms with E-state index < -0.39 is 17.9 Å². The largest absolute Gasteiger partial charge is 0.489 e. The van der Waals surface area contributed by atoms with Crippen LogP contribution in [-0.2, 0) is 27.4 Å². The van der Waals surface area contributed by atoms with Gasteiger partial charge < -0.3 is 20.7 Å². The van der Waals surface area contributed by atoms with Crippen LogP contribution in [0, 0.1) is 5.92 Å². The van der Waals surface area contributed by atoms with Gasteiger partial charge in [-0.15, -0.1) is 0 Å². The molecule has 1 heterocycles. The van der Waals surface area contributed by atoms with Gasteiger partial charge in [0.05, 0.1) is 6.04 Å². The molecule has 1 aliphatic heterocycles. The van der Waals surface area contributed by atoms with E-state index in [1.54, 1.807) is 6.92 Å². The summed E-state index contributed by atoms with van der Waals surface area (Å²) in [5.41, 5.74) is 9.81. The van der Waals surface area contributed by atoms with Gasteiger partial charge in [-0.2, -0.15) is 0 Å². The lowest BCUT2D eigenvalue weighted by Gasteiger charge is -2.40. The fraction of sp³-hybridized carbons (Fsp3) is 0.308. The normalized spacial score (nSPS) is 14.7. The molecule has 244 valence electrons. The number of amides is 3. The number of carbonyl (C=O) groups excluding carboxylic acids is 3. The van der Waals surface area contributed by atoms with Gasteiger partial charge in [0.2, 0.25) is 17.7 Å². The van der Waals surface area contributed by atoms with Gasteiger partial charge in [0.1, 0.15) is 18.4 Å². The lowest BCUT2D eigenvalue weighted by molar-refractivity contribution is -0.138. The Morgan fingerprint density at radius 1 is 0.745 bits per heavy atom. The first-order valence-corrected chi connectivity index (χ1v) is 16.3. The van der Waals surface area contributed by atoms with E-state index in [0.29, 0.717) is 45.6 Å². The predicted octanol–water partition coefficient (Wildman–Crippen LogP) is 5.13. The molecule has 0 saturated carbocycles. The molecule has 0 aliphatic carbocycles. The van der Waals surface area contributed by atoms with E-state index >= 15 is 0 Å². The molecule has 3 amide bonds. The van der Waals surface area contributed by atoms with Crippen molar-refractivity contribution in [2.75, 3.05) is 26.2 Å². The summed E-state index contributed by atoms with van der Waals surface area (Å²) in [6, 6.07) is 37.8. The highest BCUT2D eigenvalue weighted by molar-refractivity contribution is 5.88. The maximum Gasteiger partial charge on any atom is 0.245 e.